The van der Waals surface area contributed by atoms with E-state index in [0.717, 1.165) is 21.4 Å². The maximum Gasteiger partial charge on any atom is 0.332 e. The Labute approximate surface area is 195 Å². The summed E-state index contributed by atoms with van der Waals surface area (Å²) in [7, 11) is 4.59. The fourth-order valence-corrected chi connectivity index (χ4v) is 3.49. The summed E-state index contributed by atoms with van der Waals surface area (Å²) in [5.74, 6) is 1.09. The minimum atomic E-state index is -0.446. The number of aryl methyl sites for hydroxylation is 1. The van der Waals surface area contributed by atoms with Crippen molar-refractivity contribution in [2.24, 2.45) is 19.2 Å². The predicted molar refractivity (Wildman–Crippen MR) is 131 cm³/mol. The first-order chi connectivity index (χ1) is 16.5. The van der Waals surface area contributed by atoms with E-state index in [0.29, 0.717) is 31.2 Å². The molecule has 1 N–H and O–H groups in total. The highest BCUT2D eigenvalue weighted by Gasteiger charge is 2.18. The van der Waals surface area contributed by atoms with Gasteiger partial charge in [-0.2, -0.15) is 10.1 Å². The highest BCUT2D eigenvalue weighted by Crippen LogP contribution is 2.16. The number of hydrogen-bond acceptors (Lipinski definition) is 7. The minimum Gasteiger partial charge on any atom is -0.489 e. The van der Waals surface area contributed by atoms with Gasteiger partial charge in [-0.05, 0) is 35.4 Å². The van der Waals surface area contributed by atoms with Crippen molar-refractivity contribution in [3.8, 4) is 5.75 Å². The van der Waals surface area contributed by atoms with Gasteiger partial charge in [-0.3, -0.25) is 13.9 Å². The van der Waals surface area contributed by atoms with Gasteiger partial charge < -0.3 is 14.0 Å². The fraction of sp³-hybridized carbons (Fsp3) is 0.250. The van der Waals surface area contributed by atoms with Crippen LogP contribution in [0.25, 0.3) is 11.2 Å². The lowest BCUT2D eigenvalue weighted by molar-refractivity contribution is 0.188. The van der Waals surface area contributed by atoms with Crippen LogP contribution in [0.1, 0.15) is 11.1 Å². The van der Waals surface area contributed by atoms with E-state index in [1.54, 1.807) is 24.9 Å². The number of nitrogens with zero attached hydrogens (tertiary/aromatic N) is 5. The summed E-state index contributed by atoms with van der Waals surface area (Å²) in [6, 6.07) is 17.5. The standard InChI is InChI=1S/C24H26N6O4/c1-28-21-20(22(31)29(2)24(28)32)30(13-14-33-3)23(26-21)27-25-15-17-9-11-19(12-10-17)34-16-18-7-5-4-6-8-18/h4-12,15H,13-14,16H2,1-3H3,(H,26,27)/b25-15+. The first-order valence-corrected chi connectivity index (χ1v) is 10.7. The molecule has 4 aromatic rings. The van der Waals surface area contributed by atoms with E-state index in [4.69, 9.17) is 9.47 Å². The average molecular weight is 463 g/mol. The lowest BCUT2D eigenvalue weighted by Gasteiger charge is -2.08. The highest BCUT2D eigenvalue weighted by atomic mass is 16.5. The molecule has 0 saturated heterocycles. The van der Waals surface area contributed by atoms with Crippen molar-refractivity contribution in [3.63, 3.8) is 0 Å². The molecule has 0 bridgehead atoms. The molecule has 0 spiro atoms. The smallest absolute Gasteiger partial charge is 0.332 e. The SMILES string of the molecule is COCCn1c(N/N=C/c2ccc(OCc3ccccc3)cc2)nc2c1c(=O)n(C)c(=O)n2C. The van der Waals surface area contributed by atoms with Crippen LogP contribution in [0.4, 0.5) is 5.95 Å². The predicted octanol–water partition coefficient (Wildman–Crippen LogP) is 2.11. The van der Waals surface area contributed by atoms with Gasteiger partial charge in [-0.25, -0.2) is 10.2 Å². The number of imidazole rings is 1. The van der Waals surface area contributed by atoms with Crippen LogP contribution in [0.3, 0.4) is 0 Å². The third-order valence-corrected chi connectivity index (χ3v) is 5.37. The van der Waals surface area contributed by atoms with Gasteiger partial charge in [0.1, 0.15) is 12.4 Å². The molecular formula is C24H26N6O4. The molecule has 10 nitrogen and oxygen atoms in total. The number of ether oxygens (including phenoxy) is 2. The van der Waals surface area contributed by atoms with Gasteiger partial charge in [0, 0.05) is 27.7 Å². The normalized spacial score (nSPS) is 11.4. The quantitative estimate of drug-likeness (QED) is 0.302. The zero-order chi connectivity index (χ0) is 24.1. The molecule has 34 heavy (non-hydrogen) atoms. The average Bonchev–Trinajstić information content (AvgIpc) is 3.23. The van der Waals surface area contributed by atoms with E-state index < -0.39 is 11.2 Å². The molecule has 2 aromatic carbocycles. The Balaban J connectivity index is 1.52. The van der Waals surface area contributed by atoms with Gasteiger partial charge in [-0.15, -0.1) is 0 Å². The Hall–Kier alpha value is -4.18. The molecule has 0 aliphatic heterocycles. The van der Waals surface area contributed by atoms with Crippen molar-refractivity contribution in [2.75, 3.05) is 19.1 Å². The molecule has 10 heteroatoms. The van der Waals surface area contributed by atoms with E-state index in [2.05, 4.69) is 15.5 Å². The number of hydrazone groups is 1. The number of fused-ring (bicyclic) bond motifs is 1. The molecule has 0 amide bonds. The van der Waals surface area contributed by atoms with Crippen LogP contribution >= 0.6 is 0 Å². The van der Waals surface area contributed by atoms with Crippen molar-refractivity contribution in [2.45, 2.75) is 13.2 Å². The van der Waals surface area contributed by atoms with Crippen LogP contribution in [-0.4, -0.2) is 38.6 Å². The molecule has 0 atom stereocenters. The summed E-state index contributed by atoms with van der Waals surface area (Å²) in [5, 5.41) is 4.27. The van der Waals surface area contributed by atoms with E-state index in [9.17, 15) is 9.59 Å². The van der Waals surface area contributed by atoms with E-state index >= 15 is 0 Å². The molecule has 2 heterocycles. The van der Waals surface area contributed by atoms with Crippen molar-refractivity contribution < 1.29 is 9.47 Å². The van der Waals surface area contributed by atoms with Crippen molar-refractivity contribution in [1.29, 1.82) is 0 Å². The highest BCUT2D eigenvalue weighted by molar-refractivity contribution is 5.80. The van der Waals surface area contributed by atoms with Crippen LogP contribution < -0.4 is 21.4 Å². The van der Waals surface area contributed by atoms with Gasteiger partial charge in [-0.1, -0.05) is 30.3 Å². The van der Waals surface area contributed by atoms with Gasteiger partial charge >= 0.3 is 5.69 Å². The van der Waals surface area contributed by atoms with Gasteiger partial charge in [0.05, 0.1) is 12.8 Å². The Bertz CT molecular complexity index is 1420. The lowest BCUT2D eigenvalue weighted by atomic mass is 10.2. The topological polar surface area (TPSA) is 105 Å². The fourth-order valence-electron chi connectivity index (χ4n) is 3.49. The summed E-state index contributed by atoms with van der Waals surface area (Å²) >= 11 is 0. The van der Waals surface area contributed by atoms with E-state index in [-0.39, 0.29) is 5.65 Å². The van der Waals surface area contributed by atoms with E-state index in [1.165, 1.54) is 11.6 Å². The maximum absolute atomic E-state index is 12.7. The zero-order valence-corrected chi connectivity index (χ0v) is 19.3. The minimum absolute atomic E-state index is 0.279. The molecule has 0 radical (unpaired) electrons. The number of nitrogens with one attached hydrogen (secondary N) is 1. The van der Waals surface area contributed by atoms with Crippen LogP contribution in [-0.2, 0) is 32.0 Å². The molecular weight excluding hydrogens is 436 g/mol. The van der Waals surface area contributed by atoms with Crippen LogP contribution in [0.15, 0.2) is 69.3 Å². The van der Waals surface area contributed by atoms with Gasteiger partial charge in [0.25, 0.3) is 5.56 Å². The van der Waals surface area contributed by atoms with E-state index in [1.807, 2.05) is 54.6 Å². The molecule has 4 rings (SSSR count). The summed E-state index contributed by atoms with van der Waals surface area (Å²) in [5.41, 5.74) is 4.55. The summed E-state index contributed by atoms with van der Waals surface area (Å²) in [6.45, 7) is 1.22. The number of rotatable bonds is 9. The Morgan fingerprint density at radius 1 is 1.03 bits per heavy atom. The third-order valence-electron chi connectivity index (χ3n) is 5.37. The molecule has 0 fully saturated rings. The first-order valence-electron chi connectivity index (χ1n) is 10.7. The van der Waals surface area contributed by atoms with Crippen LogP contribution in [0.5, 0.6) is 5.75 Å². The van der Waals surface area contributed by atoms with Gasteiger partial charge in [0.15, 0.2) is 11.2 Å². The Morgan fingerprint density at radius 3 is 2.47 bits per heavy atom. The third kappa shape index (κ3) is 4.76. The molecule has 0 unspecified atom stereocenters. The van der Waals surface area contributed by atoms with Crippen molar-refractivity contribution >= 4 is 23.3 Å². The summed E-state index contributed by atoms with van der Waals surface area (Å²) in [4.78, 5) is 29.5. The largest absolute Gasteiger partial charge is 0.489 e. The van der Waals surface area contributed by atoms with Crippen molar-refractivity contribution in [1.82, 2.24) is 18.7 Å². The number of hydrogen-bond donors (Lipinski definition) is 1. The van der Waals surface area contributed by atoms with Crippen LogP contribution in [0, 0.1) is 0 Å². The second-order valence-corrected chi connectivity index (χ2v) is 7.67. The Morgan fingerprint density at radius 2 is 1.76 bits per heavy atom. The summed E-state index contributed by atoms with van der Waals surface area (Å²) in [6.07, 6.45) is 1.64. The number of aromatic nitrogens is 4. The van der Waals surface area contributed by atoms with Crippen LogP contribution in [0.2, 0.25) is 0 Å². The second kappa shape index (κ2) is 10.2. The zero-order valence-electron chi connectivity index (χ0n) is 19.3. The monoisotopic (exact) mass is 462 g/mol. The molecule has 0 aliphatic carbocycles. The Kier molecular flexibility index (Phi) is 6.88. The first kappa shape index (κ1) is 23.0. The molecule has 2 aromatic heterocycles. The maximum atomic E-state index is 12.7. The molecule has 0 aliphatic rings. The van der Waals surface area contributed by atoms with Crippen molar-refractivity contribution in [3.05, 3.63) is 86.6 Å². The lowest BCUT2D eigenvalue weighted by Crippen LogP contribution is -2.37. The number of methoxy groups -OCH3 is 1. The number of benzene rings is 2. The number of anilines is 1. The molecule has 176 valence electrons. The molecule has 0 saturated carbocycles. The summed E-state index contributed by atoms with van der Waals surface area (Å²) < 4.78 is 15.0. The van der Waals surface area contributed by atoms with Gasteiger partial charge in [0.2, 0.25) is 5.95 Å². The second-order valence-electron chi connectivity index (χ2n) is 7.67.